The quantitative estimate of drug-likeness (QED) is 0.673. The number of carbonyl (C=O) groups excluding carboxylic acids is 2. The van der Waals surface area contributed by atoms with Gasteiger partial charge in [-0.25, -0.2) is 0 Å². The van der Waals surface area contributed by atoms with Gasteiger partial charge in [-0.15, -0.1) is 0 Å². The highest BCUT2D eigenvalue weighted by molar-refractivity contribution is 6.01. The van der Waals surface area contributed by atoms with Gasteiger partial charge in [-0.3, -0.25) is 14.5 Å². The van der Waals surface area contributed by atoms with E-state index in [4.69, 9.17) is 0 Å². The molecule has 4 atom stereocenters. The van der Waals surface area contributed by atoms with Gasteiger partial charge in [0.05, 0.1) is 10.8 Å². The van der Waals surface area contributed by atoms with Gasteiger partial charge >= 0.3 is 0 Å². The maximum Gasteiger partial charge on any atom is 0.235 e. The average Bonchev–Trinajstić information content (AvgIpc) is 2.85. The Labute approximate surface area is 148 Å². The van der Waals surface area contributed by atoms with Gasteiger partial charge in [-0.05, 0) is 48.3 Å². The zero-order valence-electron chi connectivity index (χ0n) is 17.2. The molecule has 0 aromatic carbocycles. The molecule has 3 heteroatoms. The van der Waals surface area contributed by atoms with Gasteiger partial charge in [0.2, 0.25) is 11.8 Å². The van der Waals surface area contributed by atoms with Crippen molar-refractivity contribution in [2.24, 2.45) is 33.5 Å². The highest BCUT2D eigenvalue weighted by atomic mass is 16.2. The van der Waals surface area contributed by atoms with Crippen molar-refractivity contribution < 1.29 is 9.59 Å². The predicted molar refractivity (Wildman–Crippen MR) is 98.3 cm³/mol. The van der Waals surface area contributed by atoms with Gasteiger partial charge in [0.1, 0.15) is 0 Å². The first-order chi connectivity index (χ1) is 10.7. The monoisotopic (exact) mass is 335 g/mol. The van der Waals surface area contributed by atoms with Crippen molar-refractivity contribution >= 4 is 11.8 Å². The Hall–Kier alpha value is -0.860. The second kappa shape index (κ2) is 5.57. The van der Waals surface area contributed by atoms with E-state index in [-0.39, 0.29) is 22.6 Å². The molecule has 2 aliphatic rings. The van der Waals surface area contributed by atoms with Crippen LogP contribution in [0.3, 0.4) is 0 Å². The molecule has 0 aliphatic heterocycles. The van der Waals surface area contributed by atoms with E-state index in [1.165, 1.54) is 4.90 Å². The van der Waals surface area contributed by atoms with Gasteiger partial charge in [0.15, 0.2) is 0 Å². The summed E-state index contributed by atoms with van der Waals surface area (Å²) >= 11 is 0. The van der Waals surface area contributed by atoms with Crippen LogP contribution in [0.4, 0.5) is 0 Å². The zero-order chi connectivity index (χ0) is 18.7. The van der Waals surface area contributed by atoms with Crippen molar-refractivity contribution in [3.05, 3.63) is 0 Å². The van der Waals surface area contributed by atoms with Crippen molar-refractivity contribution in [3.63, 3.8) is 0 Å². The summed E-state index contributed by atoms with van der Waals surface area (Å²) in [6.07, 6.45) is 3.84. The van der Waals surface area contributed by atoms with E-state index in [1.807, 2.05) is 0 Å². The van der Waals surface area contributed by atoms with Gasteiger partial charge in [0.25, 0.3) is 0 Å². The van der Waals surface area contributed by atoms with Crippen LogP contribution in [0.25, 0.3) is 0 Å². The molecule has 0 saturated heterocycles. The summed E-state index contributed by atoms with van der Waals surface area (Å²) in [5.41, 5.74) is -1.08. The van der Waals surface area contributed by atoms with Crippen LogP contribution in [0.2, 0.25) is 0 Å². The molecule has 2 amide bonds. The van der Waals surface area contributed by atoms with Crippen LogP contribution >= 0.6 is 0 Å². The minimum atomic E-state index is -0.457. The number of nitrogens with zero attached hydrogens (tertiary/aromatic N) is 1. The lowest BCUT2D eigenvalue weighted by Crippen LogP contribution is -2.54. The molecule has 0 radical (unpaired) electrons. The fraction of sp³-hybridized carbons (Fsp3) is 0.905. The van der Waals surface area contributed by atoms with Crippen LogP contribution in [-0.2, 0) is 9.59 Å². The summed E-state index contributed by atoms with van der Waals surface area (Å²) in [6.45, 7) is 17.3. The minimum Gasteiger partial charge on any atom is -0.285 e. The molecule has 3 nitrogen and oxygen atoms in total. The molecule has 0 aromatic rings. The molecule has 24 heavy (non-hydrogen) atoms. The number of rotatable bonds is 2. The van der Waals surface area contributed by atoms with Crippen molar-refractivity contribution in [1.82, 2.24) is 4.90 Å². The van der Waals surface area contributed by atoms with Crippen molar-refractivity contribution in [2.45, 2.75) is 81.1 Å². The molecule has 2 aliphatic carbocycles. The van der Waals surface area contributed by atoms with E-state index in [0.29, 0.717) is 11.8 Å². The van der Waals surface area contributed by atoms with Crippen molar-refractivity contribution in [2.75, 3.05) is 7.05 Å². The van der Waals surface area contributed by atoms with Crippen LogP contribution in [-0.4, -0.2) is 23.8 Å². The second-order valence-electron chi connectivity index (χ2n) is 10.2. The maximum absolute atomic E-state index is 13.4. The lowest BCUT2D eigenvalue weighted by molar-refractivity contribution is -0.161. The van der Waals surface area contributed by atoms with Gasteiger partial charge in [-0.2, -0.15) is 0 Å². The van der Waals surface area contributed by atoms with Gasteiger partial charge in [0, 0.05) is 7.05 Å². The van der Waals surface area contributed by atoms with E-state index in [0.717, 1.165) is 25.7 Å². The Morgan fingerprint density at radius 1 is 0.750 bits per heavy atom. The van der Waals surface area contributed by atoms with E-state index in [2.05, 4.69) is 55.4 Å². The van der Waals surface area contributed by atoms with Gasteiger partial charge in [-0.1, -0.05) is 55.4 Å². The molecule has 0 spiro atoms. The summed E-state index contributed by atoms with van der Waals surface area (Å²) in [6, 6.07) is 0. The van der Waals surface area contributed by atoms with E-state index < -0.39 is 10.8 Å². The third-order valence-electron chi connectivity index (χ3n) is 9.02. The number of hydrogen-bond donors (Lipinski definition) is 0. The number of imide groups is 1. The minimum absolute atomic E-state index is 0.0124. The van der Waals surface area contributed by atoms with Crippen LogP contribution < -0.4 is 0 Å². The Morgan fingerprint density at radius 2 is 1.04 bits per heavy atom. The first kappa shape index (κ1) is 19.5. The summed E-state index contributed by atoms with van der Waals surface area (Å²) in [5, 5.41) is 0. The summed E-state index contributed by atoms with van der Waals surface area (Å²) in [7, 11) is 1.71. The summed E-state index contributed by atoms with van der Waals surface area (Å²) < 4.78 is 0. The summed E-state index contributed by atoms with van der Waals surface area (Å²) in [5.74, 6) is 1.01. The van der Waals surface area contributed by atoms with E-state index in [1.54, 1.807) is 7.05 Å². The van der Waals surface area contributed by atoms with E-state index in [9.17, 15) is 9.59 Å². The molecular formula is C21H37NO2. The Kier molecular flexibility index (Phi) is 4.52. The van der Waals surface area contributed by atoms with Crippen LogP contribution in [0.5, 0.6) is 0 Å². The van der Waals surface area contributed by atoms with Gasteiger partial charge < -0.3 is 0 Å². The maximum atomic E-state index is 13.4. The standard InChI is InChI=1S/C21H37NO2/c1-14-10-12-20(7,18(14,3)4)16(23)22(9)17(24)21(8)13-11-15(2)19(21,5)6/h14-15H,10-13H2,1-9H3/t14-,15-,20-,21+/m1/s1. The number of amides is 2. The van der Waals surface area contributed by atoms with Crippen molar-refractivity contribution in [3.8, 4) is 0 Å². The van der Waals surface area contributed by atoms with Crippen LogP contribution in [0.15, 0.2) is 0 Å². The predicted octanol–water partition coefficient (Wildman–Crippen LogP) is 4.90. The normalized spacial score (nSPS) is 40.5. The number of carbonyl (C=O) groups is 2. The second-order valence-corrected chi connectivity index (χ2v) is 10.2. The highest BCUT2D eigenvalue weighted by Gasteiger charge is 2.59. The molecule has 0 N–H and O–H groups in total. The largest absolute Gasteiger partial charge is 0.285 e. The lowest BCUT2D eigenvalue weighted by atomic mass is 9.63. The first-order valence-corrected chi connectivity index (χ1v) is 9.56. The molecule has 0 bridgehead atoms. The third kappa shape index (κ3) is 2.29. The zero-order valence-corrected chi connectivity index (χ0v) is 17.2. The molecule has 0 unspecified atom stereocenters. The lowest BCUT2D eigenvalue weighted by Gasteiger charge is -2.45. The van der Waals surface area contributed by atoms with Crippen LogP contribution in [0, 0.1) is 33.5 Å². The molecule has 2 rings (SSSR count). The number of hydrogen-bond acceptors (Lipinski definition) is 2. The average molecular weight is 336 g/mol. The SMILES string of the molecule is C[C@@H]1CC[C@@](C)(C(=O)N(C)C(=O)[C@@]2(C)CC[C@@H](C)C2(C)C)C1(C)C. The molecular weight excluding hydrogens is 298 g/mol. The molecule has 2 saturated carbocycles. The smallest absolute Gasteiger partial charge is 0.235 e. The Morgan fingerprint density at radius 3 is 1.25 bits per heavy atom. The van der Waals surface area contributed by atoms with E-state index >= 15 is 0 Å². The molecule has 138 valence electrons. The topological polar surface area (TPSA) is 37.4 Å². The fourth-order valence-electron chi connectivity index (χ4n) is 5.06. The fourth-order valence-corrected chi connectivity index (χ4v) is 5.06. The third-order valence-corrected chi connectivity index (χ3v) is 9.02. The molecule has 0 heterocycles. The Bertz CT molecular complexity index is 502. The Balaban J connectivity index is 2.31. The first-order valence-electron chi connectivity index (χ1n) is 9.56. The highest BCUT2D eigenvalue weighted by Crippen LogP contribution is 2.59. The molecule has 0 aromatic heterocycles. The van der Waals surface area contributed by atoms with Crippen LogP contribution in [0.1, 0.15) is 81.1 Å². The van der Waals surface area contributed by atoms with Crippen molar-refractivity contribution in [1.29, 1.82) is 0 Å². The summed E-state index contributed by atoms with van der Waals surface area (Å²) in [4.78, 5) is 28.2. The molecule has 2 fully saturated rings.